The molecule has 2 rings (SSSR count). The van der Waals surface area contributed by atoms with Crippen LogP contribution in [0, 0.1) is 5.82 Å². The van der Waals surface area contributed by atoms with Gasteiger partial charge in [-0.1, -0.05) is 25.3 Å². The van der Waals surface area contributed by atoms with E-state index in [1.54, 1.807) is 6.07 Å². The zero-order valence-corrected chi connectivity index (χ0v) is 10.8. The average Bonchev–Trinajstić information content (AvgIpc) is 2.29. The number of hydrogen-bond donors (Lipinski definition) is 0. The molecule has 0 radical (unpaired) electrons. The molecule has 1 aliphatic rings. The molecule has 0 unspecified atom stereocenters. The SMILES string of the molecule is Fc1cc(CCl)ccc1N1CCCCCCC1. The minimum atomic E-state index is -0.135. The topological polar surface area (TPSA) is 3.24 Å². The predicted molar refractivity (Wildman–Crippen MR) is 71.3 cm³/mol. The van der Waals surface area contributed by atoms with Gasteiger partial charge in [0.1, 0.15) is 5.82 Å². The Kier molecular flexibility index (Phi) is 4.66. The monoisotopic (exact) mass is 255 g/mol. The van der Waals surface area contributed by atoms with Crippen LogP contribution in [0.25, 0.3) is 0 Å². The number of benzene rings is 1. The van der Waals surface area contributed by atoms with Crippen molar-refractivity contribution in [3.05, 3.63) is 29.6 Å². The van der Waals surface area contributed by atoms with E-state index in [-0.39, 0.29) is 5.82 Å². The second kappa shape index (κ2) is 6.25. The molecule has 1 fully saturated rings. The second-order valence-corrected chi connectivity index (χ2v) is 4.94. The first-order valence-electron chi connectivity index (χ1n) is 6.40. The van der Waals surface area contributed by atoms with Crippen LogP contribution >= 0.6 is 11.6 Å². The minimum absolute atomic E-state index is 0.135. The van der Waals surface area contributed by atoms with Gasteiger partial charge in [0.2, 0.25) is 0 Å². The summed E-state index contributed by atoms with van der Waals surface area (Å²) in [5.74, 6) is 0.237. The van der Waals surface area contributed by atoms with Gasteiger partial charge in [0.05, 0.1) is 5.69 Å². The van der Waals surface area contributed by atoms with Gasteiger partial charge in [-0.25, -0.2) is 4.39 Å². The van der Waals surface area contributed by atoms with E-state index in [0.717, 1.165) is 37.2 Å². The van der Waals surface area contributed by atoms with Crippen molar-refractivity contribution in [1.82, 2.24) is 0 Å². The summed E-state index contributed by atoms with van der Waals surface area (Å²) in [6.07, 6.45) is 6.17. The van der Waals surface area contributed by atoms with Crippen LogP contribution in [-0.2, 0) is 5.88 Å². The quantitative estimate of drug-likeness (QED) is 0.711. The van der Waals surface area contributed by atoms with E-state index >= 15 is 0 Å². The van der Waals surface area contributed by atoms with Crippen LogP contribution in [0.3, 0.4) is 0 Å². The Bertz CT molecular complexity index is 359. The highest BCUT2D eigenvalue weighted by atomic mass is 35.5. The Balaban J connectivity index is 2.13. The fourth-order valence-electron chi connectivity index (χ4n) is 2.38. The first-order chi connectivity index (χ1) is 8.31. The Morgan fingerprint density at radius 2 is 1.71 bits per heavy atom. The van der Waals surface area contributed by atoms with Crippen LogP contribution in [0.4, 0.5) is 10.1 Å². The number of alkyl halides is 1. The molecule has 0 N–H and O–H groups in total. The van der Waals surface area contributed by atoms with Crippen LogP contribution in [-0.4, -0.2) is 13.1 Å². The lowest BCUT2D eigenvalue weighted by atomic mass is 10.1. The number of hydrogen-bond acceptors (Lipinski definition) is 1. The van der Waals surface area contributed by atoms with Gasteiger partial charge in [0.15, 0.2) is 0 Å². The van der Waals surface area contributed by atoms with Gasteiger partial charge in [-0.15, -0.1) is 11.6 Å². The summed E-state index contributed by atoms with van der Waals surface area (Å²) in [7, 11) is 0. The molecule has 17 heavy (non-hydrogen) atoms. The van der Waals surface area contributed by atoms with Gasteiger partial charge in [-0.2, -0.15) is 0 Å². The first kappa shape index (κ1) is 12.7. The summed E-state index contributed by atoms with van der Waals surface area (Å²) in [5.41, 5.74) is 1.58. The number of anilines is 1. The van der Waals surface area contributed by atoms with E-state index in [1.165, 1.54) is 19.3 Å². The molecule has 1 aromatic rings. The third kappa shape index (κ3) is 3.35. The van der Waals surface area contributed by atoms with Crippen LogP contribution < -0.4 is 4.90 Å². The maximum absolute atomic E-state index is 14.0. The van der Waals surface area contributed by atoms with Crippen molar-refractivity contribution in [2.24, 2.45) is 0 Å². The lowest BCUT2D eigenvalue weighted by molar-refractivity contribution is 0.544. The zero-order chi connectivity index (χ0) is 12.1. The molecule has 1 aliphatic heterocycles. The molecule has 3 heteroatoms. The van der Waals surface area contributed by atoms with E-state index in [0.29, 0.717) is 5.88 Å². The van der Waals surface area contributed by atoms with Crippen molar-refractivity contribution in [2.75, 3.05) is 18.0 Å². The van der Waals surface area contributed by atoms with E-state index in [4.69, 9.17) is 11.6 Å². The molecule has 0 bridgehead atoms. The Hall–Kier alpha value is -0.760. The van der Waals surface area contributed by atoms with Crippen molar-refractivity contribution in [3.63, 3.8) is 0 Å². The van der Waals surface area contributed by atoms with Gasteiger partial charge in [-0.05, 0) is 30.5 Å². The summed E-state index contributed by atoms with van der Waals surface area (Å²) in [6.45, 7) is 1.94. The molecule has 0 saturated carbocycles. The molecule has 1 saturated heterocycles. The van der Waals surface area contributed by atoms with Crippen LogP contribution in [0.5, 0.6) is 0 Å². The summed E-state index contributed by atoms with van der Waals surface area (Å²) < 4.78 is 14.0. The fraction of sp³-hybridized carbons (Fsp3) is 0.571. The van der Waals surface area contributed by atoms with Crippen LogP contribution in [0.2, 0.25) is 0 Å². The van der Waals surface area contributed by atoms with Crippen LogP contribution in [0.1, 0.15) is 37.7 Å². The molecular weight excluding hydrogens is 237 g/mol. The number of rotatable bonds is 2. The minimum Gasteiger partial charge on any atom is -0.369 e. The fourth-order valence-corrected chi connectivity index (χ4v) is 2.54. The Labute approximate surface area is 108 Å². The molecule has 1 aromatic carbocycles. The zero-order valence-electron chi connectivity index (χ0n) is 10.1. The Morgan fingerprint density at radius 3 is 2.29 bits per heavy atom. The standard InChI is InChI=1S/C14H19ClFN/c15-11-12-6-7-14(13(16)10-12)17-8-4-2-1-3-5-9-17/h6-7,10H,1-5,8-9,11H2. The molecule has 94 valence electrons. The largest absolute Gasteiger partial charge is 0.369 e. The van der Waals surface area contributed by atoms with Gasteiger partial charge < -0.3 is 4.90 Å². The molecule has 0 aliphatic carbocycles. The smallest absolute Gasteiger partial charge is 0.146 e. The van der Waals surface area contributed by atoms with Crippen molar-refractivity contribution in [1.29, 1.82) is 0 Å². The predicted octanol–water partition coefficient (Wildman–Crippen LogP) is 4.34. The first-order valence-corrected chi connectivity index (χ1v) is 6.94. The van der Waals surface area contributed by atoms with Crippen molar-refractivity contribution in [3.8, 4) is 0 Å². The lowest BCUT2D eigenvalue weighted by Crippen LogP contribution is -2.27. The lowest BCUT2D eigenvalue weighted by Gasteiger charge is -2.27. The van der Waals surface area contributed by atoms with Gasteiger partial charge in [-0.3, -0.25) is 0 Å². The normalized spacial score (nSPS) is 17.6. The third-order valence-corrected chi connectivity index (χ3v) is 3.67. The van der Waals surface area contributed by atoms with Crippen LogP contribution in [0.15, 0.2) is 18.2 Å². The summed E-state index contributed by atoms with van der Waals surface area (Å²) in [5, 5.41) is 0. The highest BCUT2D eigenvalue weighted by Crippen LogP contribution is 2.24. The molecule has 0 aromatic heterocycles. The number of nitrogens with zero attached hydrogens (tertiary/aromatic N) is 1. The molecular formula is C14H19ClFN. The van der Waals surface area contributed by atoms with Gasteiger partial charge in [0, 0.05) is 19.0 Å². The van der Waals surface area contributed by atoms with Crippen molar-refractivity contribution >= 4 is 17.3 Å². The summed E-state index contributed by atoms with van der Waals surface area (Å²) in [4.78, 5) is 2.17. The van der Waals surface area contributed by atoms with Crippen molar-refractivity contribution in [2.45, 2.75) is 38.0 Å². The molecule has 0 amide bonds. The van der Waals surface area contributed by atoms with E-state index in [1.807, 2.05) is 12.1 Å². The molecule has 1 nitrogen and oxygen atoms in total. The molecule has 0 atom stereocenters. The second-order valence-electron chi connectivity index (χ2n) is 4.67. The highest BCUT2D eigenvalue weighted by Gasteiger charge is 2.13. The third-order valence-electron chi connectivity index (χ3n) is 3.36. The van der Waals surface area contributed by atoms with E-state index < -0.39 is 0 Å². The number of halogens is 2. The molecule has 0 spiro atoms. The van der Waals surface area contributed by atoms with Gasteiger partial charge >= 0.3 is 0 Å². The van der Waals surface area contributed by atoms with E-state index in [9.17, 15) is 4.39 Å². The molecule has 1 heterocycles. The van der Waals surface area contributed by atoms with E-state index in [2.05, 4.69) is 4.90 Å². The maximum atomic E-state index is 14.0. The maximum Gasteiger partial charge on any atom is 0.146 e. The summed E-state index contributed by atoms with van der Waals surface area (Å²) in [6, 6.07) is 5.35. The van der Waals surface area contributed by atoms with Crippen molar-refractivity contribution < 1.29 is 4.39 Å². The summed E-state index contributed by atoms with van der Waals surface area (Å²) >= 11 is 5.70. The van der Waals surface area contributed by atoms with Gasteiger partial charge in [0.25, 0.3) is 0 Å². The average molecular weight is 256 g/mol. The Morgan fingerprint density at radius 1 is 1.06 bits per heavy atom. The highest BCUT2D eigenvalue weighted by molar-refractivity contribution is 6.17.